The highest BCUT2D eigenvalue weighted by Crippen LogP contribution is 2.28. The number of nitrogens with zero attached hydrogens (tertiary/aromatic N) is 1. The molecule has 1 rings (SSSR count). The van der Waals surface area contributed by atoms with E-state index in [-0.39, 0.29) is 12.5 Å². The van der Waals surface area contributed by atoms with Crippen molar-refractivity contribution in [3.05, 3.63) is 34.2 Å². The van der Waals surface area contributed by atoms with Crippen LogP contribution in [-0.2, 0) is 12.7 Å². The van der Waals surface area contributed by atoms with Crippen LogP contribution in [0, 0.1) is 5.92 Å². The minimum atomic E-state index is -4.51. The molecule has 1 heterocycles. The monoisotopic (exact) mass is 279 g/mol. The van der Waals surface area contributed by atoms with Gasteiger partial charge >= 0.3 is 6.18 Å². The SMILES string of the molecule is CCCC(CS)Cn1c(C(F)(F)F)cccc1=O. The lowest BCUT2D eigenvalue weighted by Crippen LogP contribution is -2.30. The molecular formula is C12H16F3NOS. The summed E-state index contributed by atoms with van der Waals surface area (Å²) in [7, 11) is 0. The lowest BCUT2D eigenvalue weighted by atomic mass is 10.1. The largest absolute Gasteiger partial charge is 0.431 e. The van der Waals surface area contributed by atoms with Gasteiger partial charge in [-0.1, -0.05) is 19.4 Å². The zero-order valence-electron chi connectivity index (χ0n) is 10.1. The number of hydrogen-bond acceptors (Lipinski definition) is 2. The van der Waals surface area contributed by atoms with E-state index >= 15 is 0 Å². The van der Waals surface area contributed by atoms with Gasteiger partial charge in [0.25, 0.3) is 5.56 Å². The van der Waals surface area contributed by atoms with Crippen LogP contribution in [0.15, 0.2) is 23.0 Å². The fraction of sp³-hybridized carbons (Fsp3) is 0.583. The van der Waals surface area contributed by atoms with Gasteiger partial charge in [-0.15, -0.1) is 0 Å². The quantitative estimate of drug-likeness (QED) is 0.821. The van der Waals surface area contributed by atoms with E-state index in [0.29, 0.717) is 5.75 Å². The fourth-order valence-electron chi connectivity index (χ4n) is 1.86. The van der Waals surface area contributed by atoms with E-state index < -0.39 is 17.4 Å². The van der Waals surface area contributed by atoms with Crippen molar-refractivity contribution in [2.75, 3.05) is 5.75 Å². The van der Waals surface area contributed by atoms with Gasteiger partial charge in [0.2, 0.25) is 0 Å². The number of pyridine rings is 1. The molecule has 1 aromatic rings. The minimum absolute atomic E-state index is 0.0282. The highest BCUT2D eigenvalue weighted by molar-refractivity contribution is 7.80. The van der Waals surface area contributed by atoms with Crippen LogP contribution in [-0.4, -0.2) is 10.3 Å². The smallest absolute Gasteiger partial charge is 0.304 e. The Morgan fingerprint density at radius 3 is 2.56 bits per heavy atom. The van der Waals surface area contributed by atoms with Gasteiger partial charge in [-0.25, -0.2) is 0 Å². The van der Waals surface area contributed by atoms with Crippen molar-refractivity contribution in [1.29, 1.82) is 0 Å². The summed E-state index contributed by atoms with van der Waals surface area (Å²) < 4.78 is 39.2. The molecular weight excluding hydrogens is 263 g/mol. The van der Waals surface area contributed by atoms with Gasteiger partial charge in [0.15, 0.2) is 0 Å². The number of alkyl halides is 3. The molecule has 0 bridgehead atoms. The Labute approximate surface area is 109 Å². The van der Waals surface area contributed by atoms with Crippen LogP contribution in [0.1, 0.15) is 25.5 Å². The Balaban J connectivity index is 3.10. The van der Waals surface area contributed by atoms with E-state index in [0.717, 1.165) is 35.6 Å². The number of hydrogen-bond donors (Lipinski definition) is 1. The predicted octanol–water partition coefficient (Wildman–Crippen LogP) is 3.21. The van der Waals surface area contributed by atoms with E-state index in [9.17, 15) is 18.0 Å². The van der Waals surface area contributed by atoms with Crippen LogP contribution in [0.3, 0.4) is 0 Å². The van der Waals surface area contributed by atoms with Crippen LogP contribution in [0.25, 0.3) is 0 Å². The van der Waals surface area contributed by atoms with Crippen molar-refractivity contribution in [1.82, 2.24) is 4.57 Å². The van der Waals surface area contributed by atoms with Gasteiger partial charge in [0.05, 0.1) is 0 Å². The lowest BCUT2D eigenvalue weighted by molar-refractivity contribution is -0.144. The second-order valence-corrected chi connectivity index (χ2v) is 4.56. The Kier molecular flexibility index (Phi) is 5.31. The standard InChI is InChI=1S/C12H16F3NOS/c1-2-4-9(8-18)7-16-10(12(13,14)15)5-3-6-11(16)17/h3,5-6,9,18H,2,4,7-8H2,1H3. The maximum Gasteiger partial charge on any atom is 0.431 e. The molecule has 0 aliphatic rings. The van der Waals surface area contributed by atoms with Gasteiger partial charge in [-0.05, 0) is 24.2 Å². The number of rotatable bonds is 5. The first-order chi connectivity index (χ1) is 8.40. The van der Waals surface area contributed by atoms with Crippen LogP contribution >= 0.6 is 12.6 Å². The third-order valence-corrected chi connectivity index (χ3v) is 3.25. The Morgan fingerprint density at radius 1 is 1.39 bits per heavy atom. The Hall–Kier alpha value is -0.910. The zero-order chi connectivity index (χ0) is 13.8. The molecule has 0 aromatic carbocycles. The third kappa shape index (κ3) is 3.80. The zero-order valence-corrected chi connectivity index (χ0v) is 11.0. The topological polar surface area (TPSA) is 22.0 Å². The van der Waals surface area contributed by atoms with Crippen molar-refractivity contribution in [2.45, 2.75) is 32.5 Å². The lowest BCUT2D eigenvalue weighted by Gasteiger charge is -2.19. The van der Waals surface area contributed by atoms with Crippen molar-refractivity contribution in [3.8, 4) is 0 Å². The van der Waals surface area contributed by atoms with Crippen molar-refractivity contribution >= 4 is 12.6 Å². The van der Waals surface area contributed by atoms with Crippen molar-refractivity contribution in [2.24, 2.45) is 5.92 Å². The summed E-state index contributed by atoms with van der Waals surface area (Å²) in [5.41, 5.74) is -1.51. The predicted molar refractivity (Wildman–Crippen MR) is 68.0 cm³/mol. The molecule has 2 nitrogen and oxygen atoms in total. The molecule has 0 radical (unpaired) electrons. The minimum Gasteiger partial charge on any atom is -0.304 e. The number of halogens is 3. The van der Waals surface area contributed by atoms with Crippen LogP contribution < -0.4 is 5.56 Å². The molecule has 1 unspecified atom stereocenters. The molecule has 102 valence electrons. The molecule has 1 atom stereocenters. The molecule has 18 heavy (non-hydrogen) atoms. The molecule has 0 spiro atoms. The van der Waals surface area contributed by atoms with Crippen molar-refractivity contribution in [3.63, 3.8) is 0 Å². The van der Waals surface area contributed by atoms with Gasteiger partial charge < -0.3 is 4.57 Å². The summed E-state index contributed by atoms with van der Waals surface area (Å²) in [6.45, 7) is 2.01. The highest BCUT2D eigenvalue weighted by Gasteiger charge is 2.34. The molecule has 0 fully saturated rings. The summed E-state index contributed by atoms with van der Waals surface area (Å²) >= 11 is 4.12. The second kappa shape index (κ2) is 6.31. The van der Waals surface area contributed by atoms with Crippen LogP contribution in [0.4, 0.5) is 13.2 Å². The average Bonchev–Trinajstić information content (AvgIpc) is 2.29. The van der Waals surface area contributed by atoms with Gasteiger partial charge in [0, 0.05) is 12.6 Å². The van der Waals surface area contributed by atoms with E-state index in [1.807, 2.05) is 6.92 Å². The van der Waals surface area contributed by atoms with Crippen LogP contribution in [0.5, 0.6) is 0 Å². The second-order valence-electron chi connectivity index (χ2n) is 4.19. The van der Waals surface area contributed by atoms with E-state index in [2.05, 4.69) is 12.6 Å². The van der Waals surface area contributed by atoms with E-state index in [1.54, 1.807) is 0 Å². The Morgan fingerprint density at radius 2 is 2.06 bits per heavy atom. The number of aromatic nitrogens is 1. The molecule has 0 amide bonds. The molecule has 0 aliphatic heterocycles. The molecule has 0 saturated heterocycles. The first-order valence-corrected chi connectivity index (χ1v) is 6.41. The summed E-state index contributed by atoms with van der Waals surface area (Å²) in [6, 6.07) is 3.22. The van der Waals surface area contributed by atoms with Gasteiger partial charge in [-0.3, -0.25) is 4.79 Å². The van der Waals surface area contributed by atoms with Gasteiger partial charge in [-0.2, -0.15) is 25.8 Å². The first kappa shape index (κ1) is 15.1. The Bertz CT molecular complexity index is 442. The fourth-order valence-corrected chi connectivity index (χ4v) is 2.16. The van der Waals surface area contributed by atoms with Crippen LogP contribution in [0.2, 0.25) is 0 Å². The molecule has 1 aromatic heterocycles. The summed E-state index contributed by atoms with van der Waals surface area (Å²) in [5.74, 6) is 0.437. The summed E-state index contributed by atoms with van der Waals surface area (Å²) in [6.07, 6.45) is -2.90. The number of thiol groups is 1. The molecule has 0 N–H and O–H groups in total. The van der Waals surface area contributed by atoms with Crippen molar-refractivity contribution < 1.29 is 13.2 Å². The summed E-state index contributed by atoms with van der Waals surface area (Å²) in [4.78, 5) is 11.6. The van der Waals surface area contributed by atoms with E-state index in [4.69, 9.17) is 0 Å². The average molecular weight is 279 g/mol. The highest BCUT2D eigenvalue weighted by atomic mass is 32.1. The maximum atomic E-state index is 12.8. The third-order valence-electron chi connectivity index (χ3n) is 2.74. The molecule has 6 heteroatoms. The summed E-state index contributed by atoms with van der Waals surface area (Å²) in [5, 5.41) is 0. The van der Waals surface area contributed by atoms with Gasteiger partial charge in [0.1, 0.15) is 5.69 Å². The normalized spacial score (nSPS) is 13.6. The molecule has 0 aliphatic carbocycles. The maximum absolute atomic E-state index is 12.8. The molecule has 0 saturated carbocycles. The first-order valence-electron chi connectivity index (χ1n) is 5.78. The van der Waals surface area contributed by atoms with E-state index in [1.165, 1.54) is 0 Å².